The van der Waals surface area contributed by atoms with Crippen molar-refractivity contribution >= 4 is 41.5 Å². The molecule has 0 rings (SSSR count). The predicted octanol–water partition coefficient (Wildman–Crippen LogP) is -4.94. The first-order chi connectivity index (χ1) is 14.8. The van der Waals surface area contributed by atoms with Crippen molar-refractivity contribution in [1.29, 1.82) is 0 Å². The van der Waals surface area contributed by atoms with Crippen LogP contribution in [-0.2, 0) is 33.6 Å². The third-order valence-electron chi connectivity index (χ3n) is 3.85. The summed E-state index contributed by atoms with van der Waals surface area (Å²) in [7, 11) is 0. The maximum Gasteiger partial charge on any atom is 0.326 e. The van der Waals surface area contributed by atoms with E-state index < -0.39 is 98.0 Å². The molecule has 0 radical (unpaired) electrons. The van der Waals surface area contributed by atoms with Crippen molar-refractivity contribution < 1.29 is 54.0 Å². The van der Waals surface area contributed by atoms with Crippen molar-refractivity contribution in [3.63, 3.8) is 0 Å². The van der Waals surface area contributed by atoms with Gasteiger partial charge in [0.05, 0.1) is 25.5 Å². The van der Waals surface area contributed by atoms with Gasteiger partial charge in [0.1, 0.15) is 18.1 Å². The molecule has 32 heavy (non-hydrogen) atoms. The van der Waals surface area contributed by atoms with E-state index in [4.69, 9.17) is 26.8 Å². The molecule has 4 unspecified atom stereocenters. The fourth-order valence-electron chi connectivity index (χ4n) is 2.24. The summed E-state index contributed by atoms with van der Waals surface area (Å²) in [6.45, 7) is -0.996. The Kier molecular flexibility index (Phi) is 11.9. The van der Waals surface area contributed by atoms with Gasteiger partial charge in [0.15, 0.2) is 0 Å². The summed E-state index contributed by atoms with van der Waals surface area (Å²) < 4.78 is 0. The van der Waals surface area contributed by atoms with Crippen molar-refractivity contribution in [2.45, 2.75) is 49.9 Å². The number of carbonyl (C=O) groups is 7. The minimum Gasteiger partial charge on any atom is -0.481 e. The predicted molar refractivity (Wildman–Crippen MR) is 101 cm³/mol. The Hall–Kier alpha value is -3.79. The number of hydrogen-bond donors (Lipinski definition) is 9. The van der Waals surface area contributed by atoms with Crippen LogP contribution in [0.4, 0.5) is 0 Å². The zero-order valence-corrected chi connectivity index (χ0v) is 16.6. The quantitative estimate of drug-likeness (QED) is 0.110. The van der Waals surface area contributed by atoms with Crippen LogP contribution in [-0.4, -0.2) is 92.7 Å². The van der Waals surface area contributed by atoms with Crippen molar-refractivity contribution in [2.24, 2.45) is 11.5 Å². The van der Waals surface area contributed by atoms with E-state index in [-0.39, 0.29) is 0 Å². The van der Waals surface area contributed by atoms with Crippen molar-refractivity contribution in [3.05, 3.63) is 0 Å². The number of carboxylic acid groups (broad SMARTS) is 3. The monoisotopic (exact) mass is 463 g/mol. The Morgan fingerprint density at radius 3 is 1.66 bits per heavy atom. The molecule has 0 saturated carbocycles. The minimum absolute atomic E-state index is 0.513. The Balaban J connectivity index is 5.37. The number of hydrogen-bond acceptors (Lipinski definition) is 9. The fraction of sp³-hybridized carbons (Fsp3) is 0.562. The molecular weight excluding hydrogens is 438 g/mol. The molecule has 0 fully saturated rings. The van der Waals surface area contributed by atoms with Gasteiger partial charge in [-0.05, 0) is 6.42 Å². The molecule has 16 nitrogen and oxygen atoms in total. The summed E-state index contributed by atoms with van der Waals surface area (Å²) in [5.41, 5.74) is 10.3. The van der Waals surface area contributed by atoms with E-state index in [0.29, 0.717) is 0 Å². The molecule has 0 spiro atoms. The number of carboxylic acids is 3. The number of nitrogens with two attached hydrogens (primary N) is 2. The number of primary amides is 1. The van der Waals surface area contributed by atoms with Crippen LogP contribution in [0.25, 0.3) is 0 Å². The summed E-state index contributed by atoms with van der Waals surface area (Å²) in [5.74, 6) is -8.85. The highest BCUT2D eigenvalue weighted by molar-refractivity contribution is 5.95. The lowest BCUT2D eigenvalue weighted by atomic mass is 10.1. The van der Waals surface area contributed by atoms with Crippen LogP contribution in [0.2, 0.25) is 0 Å². The van der Waals surface area contributed by atoms with E-state index in [0.717, 1.165) is 0 Å². The van der Waals surface area contributed by atoms with Crippen molar-refractivity contribution in [1.82, 2.24) is 16.0 Å². The Bertz CT molecular complexity index is 757. The number of rotatable bonds is 15. The molecule has 0 aliphatic heterocycles. The Morgan fingerprint density at radius 1 is 0.719 bits per heavy atom. The lowest BCUT2D eigenvalue weighted by Gasteiger charge is -2.23. The zero-order chi connectivity index (χ0) is 25.0. The Labute approximate surface area is 180 Å². The number of aliphatic hydroxyl groups is 1. The first-order valence-electron chi connectivity index (χ1n) is 9.00. The van der Waals surface area contributed by atoms with Crippen LogP contribution in [0.1, 0.15) is 25.7 Å². The zero-order valence-electron chi connectivity index (χ0n) is 16.6. The molecule has 0 saturated heterocycles. The third kappa shape index (κ3) is 10.8. The fourth-order valence-corrected chi connectivity index (χ4v) is 2.24. The number of aliphatic hydroxyl groups excluding tert-OH is 1. The molecule has 0 aliphatic carbocycles. The van der Waals surface area contributed by atoms with Gasteiger partial charge in [-0.3, -0.25) is 28.8 Å². The molecule has 0 aromatic rings. The molecule has 0 aromatic heterocycles. The summed E-state index contributed by atoms with van der Waals surface area (Å²) in [6, 6.07) is -6.63. The standard InChI is InChI=1S/C16H25N5O11/c17-6(3-12(26)27)13(28)21-9(5-22)15(30)19-7(1-2-11(24)25)14(29)20-8(16(31)32)4-10(18)23/h6-9,22H,1-5,17H2,(H2,18,23)(H,19,30)(H,20,29)(H,21,28)(H,24,25)(H,26,27)(H,31,32). The van der Waals surface area contributed by atoms with Crippen molar-refractivity contribution in [3.8, 4) is 0 Å². The van der Waals surface area contributed by atoms with Gasteiger partial charge in [-0.1, -0.05) is 0 Å². The first kappa shape index (κ1) is 28.2. The van der Waals surface area contributed by atoms with Gasteiger partial charge in [0.2, 0.25) is 23.6 Å². The second kappa shape index (κ2) is 13.5. The number of amides is 4. The molecule has 0 aromatic carbocycles. The summed E-state index contributed by atoms with van der Waals surface area (Å²) >= 11 is 0. The van der Waals surface area contributed by atoms with Crippen LogP contribution in [0.15, 0.2) is 0 Å². The van der Waals surface area contributed by atoms with Crippen LogP contribution >= 0.6 is 0 Å². The van der Waals surface area contributed by atoms with E-state index in [9.17, 15) is 38.7 Å². The molecule has 11 N–H and O–H groups in total. The first-order valence-corrected chi connectivity index (χ1v) is 9.00. The number of aliphatic carboxylic acids is 3. The van der Waals surface area contributed by atoms with Gasteiger partial charge in [0.25, 0.3) is 0 Å². The van der Waals surface area contributed by atoms with E-state index in [1.54, 1.807) is 0 Å². The SMILES string of the molecule is NC(=O)CC(NC(=O)C(CCC(=O)O)NC(=O)C(CO)NC(=O)C(N)CC(=O)O)C(=O)O. The molecule has 180 valence electrons. The smallest absolute Gasteiger partial charge is 0.326 e. The minimum atomic E-state index is -1.76. The second-order valence-corrected chi connectivity index (χ2v) is 6.51. The molecule has 0 aliphatic rings. The van der Waals surface area contributed by atoms with Crippen LogP contribution in [0, 0.1) is 0 Å². The number of nitrogens with one attached hydrogen (secondary N) is 3. The largest absolute Gasteiger partial charge is 0.481 e. The summed E-state index contributed by atoms with van der Waals surface area (Å²) in [5, 5.41) is 41.8. The molecule has 4 amide bonds. The third-order valence-corrected chi connectivity index (χ3v) is 3.85. The summed E-state index contributed by atoms with van der Waals surface area (Å²) in [4.78, 5) is 80.1. The van der Waals surface area contributed by atoms with E-state index in [2.05, 4.69) is 5.32 Å². The molecule has 4 atom stereocenters. The van der Waals surface area contributed by atoms with Gasteiger partial charge in [-0.15, -0.1) is 0 Å². The van der Waals surface area contributed by atoms with Gasteiger partial charge in [-0.2, -0.15) is 0 Å². The molecule has 0 bridgehead atoms. The average Bonchev–Trinajstić information content (AvgIpc) is 2.66. The van der Waals surface area contributed by atoms with Crippen LogP contribution in [0.3, 0.4) is 0 Å². The highest BCUT2D eigenvalue weighted by Crippen LogP contribution is 2.02. The lowest BCUT2D eigenvalue weighted by Crippen LogP contribution is -2.58. The lowest BCUT2D eigenvalue weighted by molar-refractivity contribution is -0.144. The molecular formula is C16H25N5O11. The highest BCUT2D eigenvalue weighted by atomic mass is 16.4. The van der Waals surface area contributed by atoms with E-state index >= 15 is 0 Å². The maximum atomic E-state index is 12.4. The van der Waals surface area contributed by atoms with Gasteiger partial charge < -0.3 is 47.8 Å². The molecule has 0 heterocycles. The topological polar surface area (TPSA) is 289 Å². The molecule has 16 heteroatoms. The maximum absolute atomic E-state index is 12.4. The van der Waals surface area contributed by atoms with Crippen LogP contribution < -0.4 is 27.4 Å². The Morgan fingerprint density at radius 2 is 1.22 bits per heavy atom. The van der Waals surface area contributed by atoms with Gasteiger partial charge >= 0.3 is 17.9 Å². The van der Waals surface area contributed by atoms with E-state index in [1.807, 2.05) is 10.6 Å². The normalized spacial score (nSPS) is 14.2. The van der Waals surface area contributed by atoms with Crippen LogP contribution in [0.5, 0.6) is 0 Å². The second-order valence-electron chi connectivity index (χ2n) is 6.51. The van der Waals surface area contributed by atoms with Crippen molar-refractivity contribution in [2.75, 3.05) is 6.61 Å². The summed E-state index contributed by atoms with van der Waals surface area (Å²) in [6.07, 6.45) is -2.70. The van der Waals surface area contributed by atoms with Gasteiger partial charge in [-0.25, -0.2) is 4.79 Å². The average molecular weight is 463 g/mol. The highest BCUT2D eigenvalue weighted by Gasteiger charge is 2.31. The van der Waals surface area contributed by atoms with E-state index in [1.165, 1.54) is 0 Å². The van der Waals surface area contributed by atoms with Gasteiger partial charge in [0, 0.05) is 6.42 Å². The number of carbonyl (C=O) groups excluding carboxylic acids is 4.